The van der Waals surface area contributed by atoms with E-state index in [-0.39, 0.29) is 25.7 Å². The van der Waals surface area contributed by atoms with Crippen molar-refractivity contribution in [3.8, 4) is 0 Å². The van der Waals surface area contributed by atoms with E-state index in [4.69, 9.17) is 37.0 Å². The zero-order valence-corrected chi connectivity index (χ0v) is 63.1. The van der Waals surface area contributed by atoms with Gasteiger partial charge in [0, 0.05) is 25.7 Å². The van der Waals surface area contributed by atoms with Crippen molar-refractivity contribution in [2.45, 2.75) is 407 Å². The van der Waals surface area contributed by atoms with Gasteiger partial charge in [0.25, 0.3) is 0 Å². The minimum Gasteiger partial charge on any atom is -0.462 e. The Bertz CT molecular complexity index is 1820. The number of hydrogen-bond donors (Lipinski definition) is 3. The van der Waals surface area contributed by atoms with Crippen LogP contribution in [0.3, 0.4) is 0 Å². The zero-order valence-electron chi connectivity index (χ0n) is 61.3. The van der Waals surface area contributed by atoms with Gasteiger partial charge in [0.2, 0.25) is 0 Å². The molecule has 0 aliphatic rings. The van der Waals surface area contributed by atoms with Gasteiger partial charge in [0.05, 0.1) is 26.4 Å². The molecule has 0 aliphatic heterocycles. The Morgan fingerprint density at radius 2 is 0.543 bits per heavy atom. The summed E-state index contributed by atoms with van der Waals surface area (Å²) in [7, 11) is -9.90. The first-order valence-corrected chi connectivity index (χ1v) is 42.0. The highest BCUT2D eigenvalue weighted by Crippen LogP contribution is 2.45. The highest BCUT2D eigenvalue weighted by atomic mass is 31.2. The molecule has 0 rings (SSSR count). The first kappa shape index (κ1) is 92.1. The van der Waals surface area contributed by atoms with Gasteiger partial charge in [-0.25, -0.2) is 9.13 Å². The Hall–Kier alpha value is -1.94. The number of aliphatic hydroxyl groups excluding tert-OH is 1. The number of phosphoric ester groups is 2. The second-order valence-electron chi connectivity index (χ2n) is 27.8. The molecular formula is C75H146O17P2. The molecule has 3 N–H and O–H groups in total. The lowest BCUT2D eigenvalue weighted by Gasteiger charge is -2.21. The van der Waals surface area contributed by atoms with Gasteiger partial charge in [-0.1, -0.05) is 337 Å². The standard InChI is InChI=1S/C75H146O17P2/c1-7-10-12-14-15-16-17-18-19-20-21-22-23-24-29-32-35-41-47-53-59-74(79)92-71(64-86-73(78)58-52-46-40-34-31-28-26-25-27-30-33-39-45-50-56-68(6)9-3)66-90-94(83,84)88-62-69(76)61-87-93(81,82)89-65-70(63-85-72(77)57-51-43-13-11-8-2)91-75(80)60-54-48-42-37-36-38-44-49-55-67(4)5/h67-71,76H,7-66H2,1-6H3,(H,81,82)(H,83,84)/t68?,69-,70+,71+/m0/s1. The number of unbranched alkanes of at least 4 members (excludes halogenated alkanes) is 43. The Morgan fingerprint density at radius 1 is 0.309 bits per heavy atom. The summed E-state index contributed by atoms with van der Waals surface area (Å²) in [5.41, 5.74) is 0. The number of carbonyl (C=O) groups is 4. The number of ether oxygens (including phenoxy) is 4. The molecule has 0 fully saturated rings. The van der Waals surface area contributed by atoms with Gasteiger partial charge in [-0.05, 0) is 37.5 Å². The van der Waals surface area contributed by atoms with Crippen LogP contribution in [0.1, 0.15) is 388 Å². The van der Waals surface area contributed by atoms with Crippen LogP contribution in [0.2, 0.25) is 0 Å². The van der Waals surface area contributed by atoms with Crippen LogP contribution in [0.4, 0.5) is 0 Å². The molecular weight excluding hydrogens is 1230 g/mol. The largest absolute Gasteiger partial charge is 0.472 e. The lowest BCUT2D eigenvalue weighted by molar-refractivity contribution is -0.161. The van der Waals surface area contributed by atoms with Crippen molar-refractivity contribution in [3.05, 3.63) is 0 Å². The van der Waals surface area contributed by atoms with Crippen LogP contribution in [0.15, 0.2) is 0 Å². The Morgan fingerprint density at radius 3 is 0.809 bits per heavy atom. The van der Waals surface area contributed by atoms with E-state index in [2.05, 4.69) is 41.5 Å². The van der Waals surface area contributed by atoms with E-state index in [0.29, 0.717) is 25.7 Å². The molecule has 0 aliphatic carbocycles. The maximum Gasteiger partial charge on any atom is 0.472 e. The maximum atomic E-state index is 13.1. The molecule has 0 saturated carbocycles. The average Bonchev–Trinajstić information content (AvgIpc) is 1.48. The van der Waals surface area contributed by atoms with Crippen molar-refractivity contribution in [2.75, 3.05) is 39.6 Å². The Kier molecular flexibility index (Phi) is 65.5. The van der Waals surface area contributed by atoms with Gasteiger partial charge >= 0.3 is 39.5 Å². The van der Waals surface area contributed by atoms with Gasteiger partial charge < -0.3 is 33.8 Å². The second-order valence-corrected chi connectivity index (χ2v) is 30.7. The van der Waals surface area contributed by atoms with Crippen LogP contribution in [0, 0.1) is 11.8 Å². The SMILES string of the molecule is CCCCCCCCCCCCCCCCCCCCCCC(=O)O[C@H](COC(=O)CCCCCCCCCCCCCCCCC(C)CC)COP(=O)(O)OC[C@@H](O)COP(=O)(O)OC[C@@H](COC(=O)CCCCCCC)OC(=O)CCCCCCCCCCC(C)C. The normalized spacial score (nSPS) is 14.3. The fourth-order valence-electron chi connectivity index (χ4n) is 11.4. The molecule has 0 radical (unpaired) electrons. The minimum atomic E-state index is -4.95. The summed E-state index contributed by atoms with van der Waals surface area (Å²) in [5, 5.41) is 10.6. The Labute approximate surface area is 575 Å². The van der Waals surface area contributed by atoms with E-state index in [0.717, 1.165) is 108 Å². The van der Waals surface area contributed by atoms with E-state index in [1.165, 1.54) is 199 Å². The summed E-state index contributed by atoms with van der Waals surface area (Å²) in [5.74, 6) is -0.562. The molecule has 0 aromatic rings. The topological polar surface area (TPSA) is 237 Å². The van der Waals surface area contributed by atoms with Crippen LogP contribution in [0.5, 0.6) is 0 Å². The third kappa shape index (κ3) is 67.3. The molecule has 19 heteroatoms. The van der Waals surface area contributed by atoms with Gasteiger partial charge in [0.15, 0.2) is 12.2 Å². The molecule has 17 nitrogen and oxygen atoms in total. The van der Waals surface area contributed by atoms with Crippen LogP contribution in [-0.4, -0.2) is 96.7 Å². The smallest absolute Gasteiger partial charge is 0.462 e. The average molecular weight is 1380 g/mol. The van der Waals surface area contributed by atoms with Crippen molar-refractivity contribution >= 4 is 39.5 Å². The molecule has 558 valence electrons. The predicted octanol–water partition coefficient (Wildman–Crippen LogP) is 21.9. The molecule has 0 bridgehead atoms. The molecule has 6 atom stereocenters. The fourth-order valence-corrected chi connectivity index (χ4v) is 13.0. The molecule has 0 aromatic carbocycles. The van der Waals surface area contributed by atoms with E-state index in [1.807, 2.05) is 0 Å². The number of phosphoric acid groups is 2. The third-order valence-electron chi connectivity index (χ3n) is 17.8. The zero-order chi connectivity index (χ0) is 69.3. The van der Waals surface area contributed by atoms with Crippen LogP contribution in [-0.2, 0) is 65.4 Å². The second kappa shape index (κ2) is 66.9. The van der Waals surface area contributed by atoms with Gasteiger partial charge in [0.1, 0.15) is 19.3 Å². The highest BCUT2D eigenvalue weighted by Gasteiger charge is 2.30. The Balaban J connectivity index is 5.13. The van der Waals surface area contributed by atoms with E-state index >= 15 is 0 Å². The monoisotopic (exact) mass is 1380 g/mol. The molecule has 3 unspecified atom stereocenters. The summed E-state index contributed by atoms with van der Waals surface area (Å²) in [4.78, 5) is 72.4. The molecule has 0 spiro atoms. The molecule has 94 heavy (non-hydrogen) atoms. The van der Waals surface area contributed by atoms with E-state index < -0.39 is 97.5 Å². The summed E-state index contributed by atoms with van der Waals surface area (Å²) in [6, 6.07) is 0. The number of esters is 4. The maximum absolute atomic E-state index is 13.1. The van der Waals surface area contributed by atoms with Gasteiger partial charge in [-0.3, -0.25) is 37.3 Å². The van der Waals surface area contributed by atoms with Crippen molar-refractivity contribution in [1.82, 2.24) is 0 Å². The molecule has 0 aromatic heterocycles. The van der Waals surface area contributed by atoms with Crippen molar-refractivity contribution < 1.29 is 80.2 Å². The quantitative estimate of drug-likeness (QED) is 0.0222. The number of carbonyl (C=O) groups excluding carboxylic acids is 4. The first-order chi connectivity index (χ1) is 45.4. The van der Waals surface area contributed by atoms with Gasteiger partial charge in [-0.15, -0.1) is 0 Å². The summed E-state index contributed by atoms with van der Waals surface area (Å²) < 4.78 is 68.2. The van der Waals surface area contributed by atoms with Crippen molar-refractivity contribution in [2.24, 2.45) is 11.8 Å². The van der Waals surface area contributed by atoms with Crippen molar-refractivity contribution in [3.63, 3.8) is 0 Å². The number of aliphatic hydroxyl groups is 1. The van der Waals surface area contributed by atoms with Crippen LogP contribution >= 0.6 is 15.6 Å². The van der Waals surface area contributed by atoms with Crippen LogP contribution in [0.25, 0.3) is 0 Å². The molecule has 0 heterocycles. The molecule has 0 amide bonds. The van der Waals surface area contributed by atoms with E-state index in [1.54, 1.807) is 0 Å². The van der Waals surface area contributed by atoms with Crippen LogP contribution < -0.4 is 0 Å². The predicted molar refractivity (Wildman–Crippen MR) is 381 cm³/mol. The lowest BCUT2D eigenvalue weighted by Crippen LogP contribution is -2.30. The number of hydrogen-bond acceptors (Lipinski definition) is 15. The minimum absolute atomic E-state index is 0.104. The molecule has 0 saturated heterocycles. The summed E-state index contributed by atoms with van der Waals surface area (Å²) >= 11 is 0. The third-order valence-corrected chi connectivity index (χ3v) is 19.7. The fraction of sp³-hybridized carbons (Fsp3) is 0.947. The van der Waals surface area contributed by atoms with E-state index in [9.17, 15) is 43.2 Å². The highest BCUT2D eigenvalue weighted by molar-refractivity contribution is 7.47. The summed E-state index contributed by atoms with van der Waals surface area (Å²) in [6.07, 6.45) is 54.7. The summed E-state index contributed by atoms with van der Waals surface area (Å²) in [6.45, 7) is 9.51. The first-order valence-electron chi connectivity index (χ1n) is 39.0. The van der Waals surface area contributed by atoms with Gasteiger partial charge in [-0.2, -0.15) is 0 Å². The van der Waals surface area contributed by atoms with Crippen molar-refractivity contribution in [1.29, 1.82) is 0 Å². The number of rotatable bonds is 74. The lowest BCUT2D eigenvalue weighted by atomic mass is 9.99.